The fourth-order valence-electron chi connectivity index (χ4n) is 1.95. The van der Waals surface area contributed by atoms with Crippen LogP contribution in [-0.4, -0.2) is 31.0 Å². The summed E-state index contributed by atoms with van der Waals surface area (Å²) in [5, 5.41) is 11.4. The predicted octanol–water partition coefficient (Wildman–Crippen LogP) is 2.23. The van der Waals surface area contributed by atoms with Gasteiger partial charge in [-0.2, -0.15) is 0 Å². The highest BCUT2D eigenvalue weighted by molar-refractivity contribution is 6.31. The number of carbonyl (C=O) groups is 1. The fraction of sp³-hybridized carbons (Fsp3) is 0.417. The molecule has 0 aromatic heterocycles. The van der Waals surface area contributed by atoms with Crippen molar-refractivity contribution < 1.29 is 19.4 Å². The second-order valence-corrected chi connectivity index (χ2v) is 4.38. The zero-order valence-corrected chi connectivity index (χ0v) is 10.7. The molecule has 0 saturated carbocycles. The molecule has 2 rings (SSSR count). The molecular weight excluding hydrogens is 258 g/mol. The van der Waals surface area contributed by atoms with Gasteiger partial charge in [-0.05, 0) is 24.5 Å². The average Bonchev–Trinajstić information content (AvgIpc) is 2.33. The lowest BCUT2D eigenvalue weighted by atomic mass is 10.0. The van der Waals surface area contributed by atoms with Crippen molar-refractivity contribution in [2.24, 2.45) is 0 Å². The summed E-state index contributed by atoms with van der Waals surface area (Å²) in [7, 11) is 0. The van der Waals surface area contributed by atoms with Gasteiger partial charge in [-0.25, -0.2) is 4.79 Å². The van der Waals surface area contributed by atoms with E-state index in [4.69, 9.17) is 26.2 Å². The third kappa shape index (κ3) is 2.61. The summed E-state index contributed by atoms with van der Waals surface area (Å²) in [4.78, 5) is 10.4. The maximum absolute atomic E-state index is 10.4. The highest BCUT2D eigenvalue weighted by Gasteiger charge is 2.19. The number of halogens is 1. The van der Waals surface area contributed by atoms with E-state index in [1.54, 1.807) is 6.07 Å². The SMILES string of the molecule is Cc1c(CCNC(=O)O)c(Cl)cc2c1OCCO2. The minimum Gasteiger partial charge on any atom is -0.486 e. The lowest BCUT2D eigenvalue weighted by molar-refractivity contribution is 0.170. The van der Waals surface area contributed by atoms with Crippen LogP contribution in [0.4, 0.5) is 4.79 Å². The van der Waals surface area contributed by atoms with E-state index in [9.17, 15) is 4.79 Å². The fourth-order valence-corrected chi connectivity index (χ4v) is 2.29. The number of hydrogen-bond donors (Lipinski definition) is 2. The van der Waals surface area contributed by atoms with E-state index in [0.29, 0.717) is 42.7 Å². The number of fused-ring (bicyclic) bond motifs is 1. The molecule has 0 saturated heterocycles. The second-order valence-electron chi connectivity index (χ2n) is 3.97. The number of carboxylic acid groups (broad SMARTS) is 1. The van der Waals surface area contributed by atoms with Crippen molar-refractivity contribution in [1.82, 2.24) is 5.32 Å². The first-order valence-electron chi connectivity index (χ1n) is 5.64. The molecule has 6 heteroatoms. The Morgan fingerprint density at radius 1 is 1.50 bits per heavy atom. The molecule has 18 heavy (non-hydrogen) atoms. The summed E-state index contributed by atoms with van der Waals surface area (Å²) in [6.07, 6.45) is -0.519. The van der Waals surface area contributed by atoms with Gasteiger partial charge in [0, 0.05) is 17.6 Å². The Labute approximate surface area is 110 Å². The number of rotatable bonds is 3. The van der Waals surface area contributed by atoms with Crippen molar-refractivity contribution in [3.63, 3.8) is 0 Å². The van der Waals surface area contributed by atoms with Gasteiger partial charge in [0.05, 0.1) is 0 Å². The quantitative estimate of drug-likeness (QED) is 0.885. The first kappa shape index (κ1) is 12.8. The van der Waals surface area contributed by atoms with Gasteiger partial charge >= 0.3 is 6.09 Å². The van der Waals surface area contributed by atoms with Crippen LogP contribution in [0.3, 0.4) is 0 Å². The van der Waals surface area contributed by atoms with Crippen LogP contribution in [0, 0.1) is 6.92 Å². The Morgan fingerprint density at radius 3 is 2.94 bits per heavy atom. The third-order valence-electron chi connectivity index (χ3n) is 2.80. The second kappa shape index (κ2) is 5.35. The topological polar surface area (TPSA) is 67.8 Å². The van der Waals surface area contributed by atoms with Crippen LogP contribution in [-0.2, 0) is 6.42 Å². The van der Waals surface area contributed by atoms with E-state index in [2.05, 4.69) is 5.32 Å². The van der Waals surface area contributed by atoms with Crippen LogP contribution >= 0.6 is 11.6 Å². The smallest absolute Gasteiger partial charge is 0.404 e. The molecule has 5 nitrogen and oxygen atoms in total. The molecular formula is C12H14ClNO4. The summed E-state index contributed by atoms with van der Waals surface area (Å²) in [5.74, 6) is 1.36. The normalized spacial score (nSPS) is 13.2. The first-order chi connectivity index (χ1) is 8.59. The molecule has 0 radical (unpaired) electrons. The Bertz CT molecular complexity index is 476. The van der Waals surface area contributed by atoms with E-state index < -0.39 is 6.09 Å². The van der Waals surface area contributed by atoms with Crippen LogP contribution in [0.25, 0.3) is 0 Å². The van der Waals surface area contributed by atoms with Gasteiger partial charge in [-0.1, -0.05) is 11.6 Å². The molecule has 0 bridgehead atoms. The summed E-state index contributed by atoms with van der Waals surface area (Å²) in [6, 6.07) is 1.72. The molecule has 0 fully saturated rings. The average molecular weight is 272 g/mol. The van der Waals surface area contributed by atoms with Crippen LogP contribution < -0.4 is 14.8 Å². The molecule has 1 aliphatic heterocycles. The van der Waals surface area contributed by atoms with Gasteiger partial charge in [-0.15, -0.1) is 0 Å². The van der Waals surface area contributed by atoms with Gasteiger partial charge < -0.3 is 19.9 Å². The Kier molecular flexibility index (Phi) is 3.81. The first-order valence-corrected chi connectivity index (χ1v) is 6.01. The molecule has 1 heterocycles. The van der Waals surface area contributed by atoms with Crippen molar-refractivity contribution in [3.8, 4) is 11.5 Å². The lowest BCUT2D eigenvalue weighted by Crippen LogP contribution is -2.24. The number of nitrogens with one attached hydrogen (secondary N) is 1. The van der Waals surface area contributed by atoms with E-state index in [1.807, 2.05) is 6.92 Å². The molecule has 0 atom stereocenters. The minimum absolute atomic E-state index is 0.315. The van der Waals surface area contributed by atoms with Gasteiger partial charge in [0.15, 0.2) is 11.5 Å². The molecule has 98 valence electrons. The van der Waals surface area contributed by atoms with Crippen LogP contribution in [0.2, 0.25) is 5.02 Å². The standard InChI is InChI=1S/C12H14ClNO4/c1-7-8(2-3-14-12(15)16)9(13)6-10-11(7)18-5-4-17-10/h6,14H,2-5H2,1H3,(H,15,16). The Balaban J connectivity index is 2.21. The van der Waals surface area contributed by atoms with Crippen molar-refractivity contribution in [2.45, 2.75) is 13.3 Å². The molecule has 0 unspecified atom stereocenters. The summed E-state index contributed by atoms with van der Waals surface area (Å²) in [6.45, 7) is 3.25. The summed E-state index contributed by atoms with van der Waals surface area (Å²) < 4.78 is 11.0. The van der Waals surface area contributed by atoms with E-state index >= 15 is 0 Å². The maximum Gasteiger partial charge on any atom is 0.404 e. The molecule has 1 aromatic rings. The van der Waals surface area contributed by atoms with Crippen molar-refractivity contribution in [2.75, 3.05) is 19.8 Å². The van der Waals surface area contributed by atoms with Crippen molar-refractivity contribution in [1.29, 1.82) is 0 Å². The molecule has 1 aromatic carbocycles. The molecule has 2 N–H and O–H groups in total. The Morgan fingerprint density at radius 2 is 2.22 bits per heavy atom. The highest BCUT2D eigenvalue weighted by Crippen LogP contribution is 2.39. The van der Waals surface area contributed by atoms with E-state index in [-0.39, 0.29) is 0 Å². The van der Waals surface area contributed by atoms with Gasteiger partial charge in [0.2, 0.25) is 0 Å². The minimum atomic E-state index is -1.04. The predicted molar refractivity (Wildman–Crippen MR) is 66.9 cm³/mol. The van der Waals surface area contributed by atoms with Crippen LogP contribution in [0.15, 0.2) is 6.07 Å². The number of ether oxygens (including phenoxy) is 2. The zero-order chi connectivity index (χ0) is 13.1. The monoisotopic (exact) mass is 271 g/mol. The van der Waals surface area contributed by atoms with Gasteiger partial charge in [0.1, 0.15) is 13.2 Å². The zero-order valence-electron chi connectivity index (χ0n) is 9.96. The number of amides is 1. The summed E-state index contributed by atoms with van der Waals surface area (Å²) >= 11 is 6.17. The Hall–Kier alpha value is -1.62. The van der Waals surface area contributed by atoms with E-state index in [1.165, 1.54) is 0 Å². The van der Waals surface area contributed by atoms with E-state index in [0.717, 1.165) is 11.1 Å². The van der Waals surface area contributed by atoms with Gasteiger partial charge in [0.25, 0.3) is 0 Å². The van der Waals surface area contributed by atoms with Crippen LogP contribution in [0.1, 0.15) is 11.1 Å². The third-order valence-corrected chi connectivity index (χ3v) is 3.14. The van der Waals surface area contributed by atoms with Crippen LogP contribution in [0.5, 0.6) is 11.5 Å². The lowest BCUT2D eigenvalue weighted by Gasteiger charge is -2.22. The van der Waals surface area contributed by atoms with Crippen molar-refractivity contribution in [3.05, 3.63) is 22.2 Å². The molecule has 1 amide bonds. The summed E-state index contributed by atoms with van der Waals surface area (Å²) in [5.41, 5.74) is 1.79. The van der Waals surface area contributed by atoms with Gasteiger partial charge in [-0.3, -0.25) is 0 Å². The number of hydrogen-bond acceptors (Lipinski definition) is 3. The number of benzene rings is 1. The largest absolute Gasteiger partial charge is 0.486 e. The van der Waals surface area contributed by atoms with Crippen molar-refractivity contribution >= 4 is 17.7 Å². The molecule has 1 aliphatic rings. The maximum atomic E-state index is 10.4. The molecule has 0 spiro atoms. The molecule has 0 aliphatic carbocycles. The highest BCUT2D eigenvalue weighted by atomic mass is 35.5.